The molecule has 3 nitrogen and oxygen atoms in total. The molecule has 10 heteroatoms. The summed E-state index contributed by atoms with van der Waals surface area (Å²) in [5.74, 6) is -2.20. The first-order valence-corrected chi connectivity index (χ1v) is 8.57. The maximum Gasteiger partial charge on any atom is 0.416 e. The van der Waals surface area contributed by atoms with Gasteiger partial charge in [0.15, 0.2) is 0 Å². The van der Waals surface area contributed by atoms with Gasteiger partial charge < -0.3 is 10.1 Å². The molecule has 0 aromatic heterocycles. The Morgan fingerprint density at radius 1 is 0.742 bits per heavy atom. The van der Waals surface area contributed by atoms with E-state index in [1.807, 2.05) is 0 Å². The van der Waals surface area contributed by atoms with E-state index in [2.05, 4.69) is 5.32 Å². The van der Waals surface area contributed by atoms with Crippen molar-refractivity contribution in [2.24, 2.45) is 0 Å². The van der Waals surface area contributed by atoms with Crippen molar-refractivity contribution in [1.82, 2.24) is 0 Å². The third kappa shape index (κ3) is 5.53. The highest BCUT2D eigenvalue weighted by atomic mass is 19.4. The summed E-state index contributed by atoms with van der Waals surface area (Å²) in [4.78, 5) is 12.1. The summed E-state index contributed by atoms with van der Waals surface area (Å²) >= 11 is 0. The lowest BCUT2D eigenvalue weighted by Crippen LogP contribution is -2.13. The van der Waals surface area contributed by atoms with Crippen LogP contribution in [0.3, 0.4) is 0 Å². The fourth-order valence-electron chi connectivity index (χ4n) is 2.57. The number of alkyl halides is 6. The second kappa shape index (κ2) is 8.29. The summed E-state index contributed by atoms with van der Waals surface area (Å²) in [6, 6.07) is 11.2. The number of anilines is 1. The Morgan fingerprint density at radius 2 is 1.29 bits per heavy atom. The molecule has 1 amide bonds. The molecule has 162 valence electrons. The van der Waals surface area contributed by atoms with Crippen LogP contribution in [0.1, 0.15) is 21.5 Å². The average molecular weight is 443 g/mol. The Hall–Kier alpha value is -3.56. The van der Waals surface area contributed by atoms with Crippen LogP contribution >= 0.6 is 0 Å². The highest BCUT2D eigenvalue weighted by molar-refractivity contribution is 6.04. The van der Waals surface area contributed by atoms with E-state index in [4.69, 9.17) is 4.74 Å². The molecule has 0 atom stereocenters. The lowest BCUT2D eigenvalue weighted by atomic mass is 10.1. The number of hydrogen-bond acceptors (Lipinski definition) is 2. The van der Waals surface area contributed by atoms with Gasteiger partial charge in [-0.2, -0.15) is 26.3 Å². The standard InChI is InChI=1S/C21H12F7NO2/c22-18-4-2-1-3-17(18)19(30)29-14-5-7-15(8-6-14)31-16-10-12(20(23,24)25)9-13(11-16)21(26,27)28/h1-11H,(H,29,30). The minimum absolute atomic E-state index is 0.00575. The van der Waals surface area contributed by atoms with Crippen LogP contribution in [-0.4, -0.2) is 5.91 Å². The van der Waals surface area contributed by atoms with Gasteiger partial charge in [0.05, 0.1) is 16.7 Å². The van der Waals surface area contributed by atoms with E-state index in [-0.39, 0.29) is 23.1 Å². The Labute approximate surface area is 171 Å². The van der Waals surface area contributed by atoms with Gasteiger partial charge in [0.1, 0.15) is 17.3 Å². The summed E-state index contributed by atoms with van der Waals surface area (Å²) in [7, 11) is 0. The molecule has 0 bridgehead atoms. The maximum atomic E-state index is 13.6. The summed E-state index contributed by atoms with van der Waals surface area (Å²) in [6.07, 6.45) is -10.00. The van der Waals surface area contributed by atoms with Crippen LogP contribution in [-0.2, 0) is 12.4 Å². The Kier molecular flexibility index (Phi) is 5.92. The van der Waals surface area contributed by atoms with Crippen molar-refractivity contribution in [3.8, 4) is 11.5 Å². The van der Waals surface area contributed by atoms with Crippen LogP contribution in [0.25, 0.3) is 0 Å². The van der Waals surface area contributed by atoms with Crippen molar-refractivity contribution < 1.29 is 40.3 Å². The Balaban J connectivity index is 1.79. The van der Waals surface area contributed by atoms with Gasteiger partial charge in [-0.15, -0.1) is 0 Å². The van der Waals surface area contributed by atoms with Gasteiger partial charge in [0.25, 0.3) is 5.91 Å². The molecule has 0 fully saturated rings. The third-order valence-electron chi connectivity index (χ3n) is 4.03. The number of nitrogens with one attached hydrogen (secondary N) is 1. The van der Waals surface area contributed by atoms with Gasteiger partial charge >= 0.3 is 12.4 Å². The van der Waals surface area contributed by atoms with Gasteiger partial charge in [-0.1, -0.05) is 12.1 Å². The van der Waals surface area contributed by atoms with Crippen LogP contribution in [0, 0.1) is 5.82 Å². The Morgan fingerprint density at radius 3 is 1.81 bits per heavy atom. The van der Waals surface area contributed by atoms with Crippen molar-refractivity contribution in [3.63, 3.8) is 0 Å². The zero-order valence-electron chi connectivity index (χ0n) is 15.3. The topological polar surface area (TPSA) is 38.3 Å². The predicted molar refractivity (Wildman–Crippen MR) is 97.3 cm³/mol. The zero-order chi connectivity index (χ0) is 22.8. The van der Waals surface area contributed by atoms with E-state index < -0.39 is 41.0 Å². The van der Waals surface area contributed by atoms with Crippen molar-refractivity contribution in [2.75, 3.05) is 5.32 Å². The van der Waals surface area contributed by atoms with Crippen LogP contribution in [0.15, 0.2) is 66.7 Å². The number of carbonyl (C=O) groups is 1. The molecular formula is C21H12F7NO2. The molecule has 1 N–H and O–H groups in total. The van der Waals surface area contributed by atoms with E-state index in [0.29, 0.717) is 12.1 Å². The number of benzene rings is 3. The van der Waals surface area contributed by atoms with E-state index in [9.17, 15) is 35.5 Å². The first kappa shape index (κ1) is 22.1. The number of carbonyl (C=O) groups excluding carboxylic acids is 1. The minimum atomic E-state index is -5.00. The van der Waals surface area contributed by atoms with Crippen LogP contribution < -0.4 is 10.1 Å². The Bertz CT molecular complexity index is 1060. The molecular weight excluding hydrogens is 431 g/mol. The van der Waals surface area contributed by atoms with E-state index in [0.717, 1.165) is 6.07 Å². The van der Waals surface area contributed by atoms with Gasteiger partial charge in [0, 0.05) is 5.69 Å². The second-order valence-electron chi connectivity index (χ2n) is 6.30. The number of halogens is 7. The largest absolute Gasteiger partial charge is 0.457 e. The van der Waals surface area contributed by atoms with Gasteiger partial charge in [0.2, 0.25) is 0 Å². The molecule has 0 spiro atoms. The zero-order valence-corrected chi connectivity index (χ0v) is 15.3. The smallest absolute Gasteiger partial charge is 0.416 e. The molecule has 0 radical (unpaired) electrons. The first-order chi connectivity index (χ1) is 14.4. The first-order valence-electron chi connectivity index (χ1n) is 8.57. The van der Waals surface area contributed by atoms with Crippen molar-refractivity contribution in [3.05, 3.63) is 89.2 Å². The fourth-order valence-corrected chi connectivity index (χ4v) is 2.57. The van der Waals surface area contributed by atoms with Crippen molar-refractivity contribution in [2.45, 2.75) is 12.4 Å². The SMILES string of the molecule is O=C(Nc1ccc(Oc2cc(C(F)(F)F)cc(C(F)(F)F)c2)cc1)c1ccccc1F. The lowest BCUT2D eigenvalue weighted by molar-refractivity contribution is -0.143. The van der Waals surface area contributed by atoms with Gasteiger partial charge in [-0.3, -0.25) is 4.79 Å². The molecule has 31 heavy (non-hydrogen) atoms. The van der Waals surface area contributed by atoms with E-state index in [1.165, 1.54) is 42.5 Å². The molecule has 3 aromatic carbocycles. The highest BCUT2D eigenvalue weighted by Crippen LogP contribution is 2.39. The van der Waals surface area contributed by atoms with Crippen LogP contribution in [0.5, 0.6) is 11.5 Å². The molecule has 0 aliphatic carbocycles. The summed E-state index contributed by atoms with van der Waals surface area (Å²) < 4.78 is 96.3. The number of hydrogen-bond donors (Lipinski definition) is 1. The summed E-state index contributed by atoms with van der Waals surface area (Å²) in [5, 5.41) is 2.42. The van der Waals surface area contributed by atoms with Gasteiger partial charge in [-0.25, -0.2) is 4.39 Å². The average Bonchev–Trinajstić information content (AvgIpc) is 2.68. The molecule has 0 aliphatic heterocycles. The van der Waals surface area contributed by atoms with E-state index in [1.54, 1.807) is 0 Å². The molecule has 3 aromatic rings. The molecule has 0 unspecified atom stereocenters. The highest BCUT2D eigenvalue weighted by Gasteiger charge is 2.37. The van der Waals surface area contributed by atoms with Crippen molar-refractivity contribution in [1.29, 1.82) is 0 Å². The molecule has 0 saturated heterocycles. The molecule has 0 heterocycles. The van der Waals surface area contributed by atoms with Crippen molar-refractivity contribution >= 4 is 11.6 Å². The minimum Gasteiger partial charge on any atom is -0.457 e. The van der Waals surface area contributed by atoms with Gasteiger partial charge in [-0.05, 0) is 54.6 Å². The summed E-state index contributed by atoms with van der Waals surface area (Å²) in [5.41, 5.74) is -3.01. The number of amides is 1. The third-order valence-corrected chi connectivity index (χ3v) is 4.03. The van der Waals surface area contributed by atoms with Crippen LogP contribution in [0.4, 0.5) is 36.4 Å². The second-order valence-corrected chi connectivity index (χ2v) is 6.30. The molecule has 0 aliphatic rings. The summed E-state index contributed by atoms with van der Waals surface area (Å²) in [6.45, 7) is 0. The molecule has 3 rings (SSSR count). The van der Waals surface area contributed by atoms with Crippen LogP contribution in [0.2, 0.25) is 0 Å². The fraction of sp³-hybridized carbons (Fsp3) is 0.0952. The lowest BCUT2D eigenvalue weighted by Gasteiger charge is -2.15. The quantitative estimate of drug-likeness (QED) is 0.445. The number of ether oxygens (including phenoxy) is 1. The normalized spacial score (nSPS) is 11.8. The number of rotatable bonds is 4. The molecule has 0 saturated carbocycles. The predicted octanol–water partition coefficient (Wildman–Crippen LogP) is 6.91. The monoisotopic (exact) mass is 443 g/mol. The van der Waals surface area contributed by atoms with E-state index >= 15 is 0 Å². The maximum absolute atomic E-state index is 13.6.